The van der Waals surface area contributed by atoms with Gasteiger partial charge in [0.05, 0.1) is 30.1 Å². The van der Waals surface area contributed by atoms with E-state index in [9.17, 15) is 9.50 Å². The Bertz CT molecular complexity index is 1030. The number of pyridine rings is 1. The average molecular weight is 397 g/mol. The molecule has 0 bridgehead atoms. The number of hydrogen-bond donors (Lipinski definition) is 1. The van der Waals surface area contributed by atoms with Crippen LogP contribution in [0.4, 0.5) is 10.2 Å². The summed E-state index contributed by atoms with van der Waals surface area (Å²) >= 11 is 6.01. The predicted octanol–water partition coefficient (Wildman–Crippen LogP) is 2.33. The second-order valence-corrected chi connectivity index (χ2v) is 6.68. The maximum absolute atomic E-state index is 14.3. The topological polar surface area (TPSA) is 71.4 Å². The molecule has 4 rings (SSSR count). The normalized spacial score (nSPS) is 14.3. The first kappa shape index (κ1) is 18.6. The Hall–Kier alpha value is -2.71. The molecule has 2 aromatic heterocycles. The zero-order chi connectivity index (χ0) is 19.7. The molecule has 3 heterocycles. The van der Waals surface area contributed by atoms with E-state index in [0.29, 0.717) is 48.7 Å². The van der Waals surface area contributed by atoms with Crippen LogP contribution in [0.1, 0.15) is 0 Å². The second kappa shape index (κ2) is 7.73. The Morgan fingerprint density at radius 1 is 1.14 bits per heavy atom. The van der Waals surface area contributed by atoms with E-state index in [1.807, 2.05) is 4.90 Å². The number of aromatic nitrogens is 3. The van der Waals surface area contributed by atoms with Crippen LogP contribution in [0.15, 0.2) is 36.5 Å². The monoisotopic (exact) mass is 396 g/mol. The smallest absolute Gasteiger partial charge is 0.183 e. The van der Waals surface area contributed by atoms with Crippen molar-refractivity contribution in [3.05, 3.63) is 47.4 Å². The lowest BCUT2D eigenvalue weighted by molar-refractivity contribution is 0.122. The van der Waals surface area contributed by atoms with Crippen LogP contribution in [0.25, 0.3) is 22.8 Å². The molecule has 1 saturated heterocycles. The highest BCUT2D eigenvalue weighted by Crippen LogP contribution is 2.34. The lowest BCUT2D eigenvalue weighted by atomic mass is 9.93. The fourth-order valence-electron chi connectivity index (χ4n) is 3.00. The van der Waals surface area contributed by atoms with Gasteiger partial charge in [-0.15, -0.1) is 0 Å². The molecule has 0 unspecified atom stereocenters. The van der Waals surface area contributed by atoms with Crippen molar-refractivity contribution < 1.29 is 14.2 Å². The van der Waals surface area contributed by atoms with E-state index in [2.05, 4.69) is 15.0 Å². The summed E-state index contributed by atoms with van der Waals surface area (Å²) in [4.78, 5) is 14.8. The zero-order valence-corrected chi connectivity index (χ0v) is 15.5. The summed E-state index contributed by atoms with van der Waals surface area (Å²) in [6.45, 7) is 2.14. The molecular weight excluding hydrogens is 381 g/mol. The molecule has 2 radical (unpaired) electrons. The quantitative estimate of drug-likeness (QED) is 0.685. The van der Waals surface area contributed by atoms with E-state index in [0.717, 1.165) is 6.20 Å². The predicted molar refractivity (Wildman–Crippen MR) is 106 cm³/mol. The minimum absolute atomic E-state index is 0.116. The van der Waals surface area contributed by atoms with Gasteiger partial charge in [-0.3, -0.25) is 0 Å². The first-order chi connectivity index (χ1) is 13.5. The number of rotatable bonds is 3. The van der Waals surface area contributed by atoms with Gasteiger partial charge in [0.1, 0.15) is 19.3 Å². The first-order valence-electron chi connectivity index (χ1n) is 8.64. The first-order valence-corrected chi connectivity index (χ1v) is 9.02. The molecular formula is C19H15BClFN4O2. The third-order valence-corrected chi connectivity index (χ3v) is 4.66. The van der Waals surface area contributed by atoms with Gasteiger partial charge >= 0.3 is 0 Å². The maximum atomic E-state index is 14.3. The van der Waals surface area contributed by atoms with E-state index < -0.39 is 5.82 Å². The van der Waals surface area contributed by atoms with Gasteiger partial charge < -0.3 is 14.7 Å². The molecule has 6 nitrogen and oxygen atoms in total. The number of morpholine rings is 1. The van der Waals surface area contributed by atoms with Crippen LogP contribution in [0.3, 0.4) is 0 Å². The van der Waals surface area contributed by atoms with Gasteiger partial charge in [-0.1, -0.05) is 29.2 Å². The third kappa shape index (κ3) is 3.65. The summed E-state index contributed by atoms with van der Waals surface area (Å²) in [6.07, 6.45) is 1.14. The molecule has 1 aliphatic heterocycles. The summed E-state index contributed by atoms with van der Waals surface area (Å²) in [5, 5.41) is 10.4. The molecule has 1 fully saturated rings. The van der Waals surface area contributed by atoms with E-state index in [1.54, 1.807) is 24.3 Å². The second-order valence-electron chi connectivity index (χ2n) is 6.27. The van der Waals surface area contributed by atoms with Gasteiger partial charge in [-0.05, 0) is 18.2 Å². The molecule has 140 valence electrons. The molecule has 0 amide bonds. The molecule has 1 aromatic carbocycles. The van der Waals surface area contributed by atoms with Crippen molar-refractivity contribution in [2.75, 3.05) is 31.2 Å². The number of phenols is 1. The molecule has 0 atom stereocenters. The molecule has 9 heteroatoms. The van der Waals surface area contributed by atoms with Gasteiger partial charge in [0.2, 0.25) is 0 Å². The molecule has 1 N–H and O–H groups in total. The Morgan fingerprint density at radius 2 is 1.89 bits per heavy atom. The number of ether oxygens (including phenoxy) is 1. The average Bonchev–Trinajstić information content (AvgIpc) is 2.72. The van der Waals surface area contributed by atoms with Crippen molar-refractivity contribution in [1.82, 2.24) is 15.0 Å². The maximum Gasteiger partial charge on any atom is 0.183 e. The summed E-state index contributed by atoms with van der Waals surface area (Å²) in [6, 6.07) is 8.21. The number of phenolic OH excluding ortho intramolecular Hbond substituents is 1. The highest BCUT2D eigenvalue weighted by atomic mass is 35.5. The van der Waals surface area contributed by atoms with Crippen LogP contribution in [0.5, 0.6) is 5.75 Å². The lowest BCUT2D eigenvalue weighted by Crippen LogP contribution is -2.37. The lowest BCUT2D eigenvalue weighted by Gasteiger charge is -2.28. The van der Waals surface area contributed by atoms with Gasteiger partial charge in [-0.25, -0.2) is 19.3 Å². The number of aromatic hydroxyl groups is 1. The van der Waals surface area contributed by atoms with Crippen LogP contribution < -0.4 is 10.4 Å². The summed E-state index contributed by atoms with van der Waals surface area (Å²) in [5.41, 5.74) is 1.68. The largest absolute Gasteiger partial charge is 0.506 e. The molecule has 28 heavy (non-hydrogen) atoms. The molecule has 0 spiro atoms. The van der Waals surface area contributed by atoms with Crippen molar-refractivity contribution in [2.45, 2.75) is 0 Å². The summed E-state index contributed by atoms with van der Waals surface area (Å²) in [5.74, 6) is -0.119. The van der Waals surface area contributed by atoms with Crippen molar-refractivity contribution >= 4 is 30.7 Å². The Kier molecular flexibility index (Phi) is 5.15. The number of nitrogens with zero attached hydrogens (tertiary/aromatic N) is 4. The van der Waals surface area contributed by atoms with E-state index in [4.69, 9.17) is 24.2 Å². The van der Waals surface area contributed by atoms with Crippen molar-refractivity contribution in [2.24, 2.45) is 0 Å². The fourth-order valence-corrected chi connectivity index (χ4v) is 3.23. The van der Waals surface area contributed by atoms with Gasteiger partial charge in [0, 0.05) is 18.7 Å². The molecule has 0 aliphatic carbocycles. The number of halogens is 2. The minimum atomic E-state index is -0.498. The third-order valence-electron chi connectivity index (χ3n) is 4.38. The van der Waals surface area contributed by atoms with Crippen LogP contribution in [0.2, 0.25) is 5.02 Å². The molecule has 3 aromatic rings. The van der Waals surface area contributed by atoms with E-state index in [1.165, 1.54) is 6.07 Å². The summed E-state index contributed by atoms with van der Waals surface area (Å²) < 4.78 is 19.6. The van der Waals surface area contributed by atoms with Crippen LogP contribution in [0, 0.1) is 5.82 Å². The van der Waals surface area contributed by atoms with Gasteiger partial charge in [-0.2, -0.15) is 0 Å². The highest BCUT2D eigenvalue weighted by Gasteiger charge is 2.19. The van der Waals surface area contributed by atoms with E-state index in [-0.39, 0.29) is 22.4 Å². The minimum Gasteiger partial charge on any atom is -0.506 e. The van der Waals surface area contributed by atoms with Gasteiger partial charge in [0.25, 0.3) is 0 Å². The standard InChI is InChI=1S/C19H15BClFN4O2/c20-11-8-12(17(27)13(21)9-11)15-2-1-3-16(24-15)18-23-10-14(22)19(25-18)26-4-6-28-7-5-26/h1-3,8-10,27H,4-7H2. The number of hydrogen-bond acceptors (Lipinski definition) is 6. The molecule has 0 saturated carbocycles. The van der Waals surface area contributed by atoms with Crippen LogP contribution >= 0.6 is 11.6 Å². The van der Waals surface area contributed by atoms with Crippen molar-refractivity contribution in [1.29, 1.82) is 0 Å². The SMILES string of the molecule is [B]c1cc(Cl)c(O)c(-c2cccc(-c3ncc(F)c(N4CCOCC4)n3)n2)c1. The zero-order valence-electron chi connectivity index (χ0n) is 14.8. The highest BCUT2D eigenvalue weighted by molar-refractivity contribution is 6.37. The van der Waals surface area contributed by atoms with Crippen molar-refractivity contribution in [3.8, 4) is 28.5 Å². The fraction of sp³-hybridized carbons (Fsp3) is 0.211. The Labute approximate surface area is 167 Å². The number of anilines is 1. The Morgan fingerprint density at radius 3 is 2.68 bits per heavy atom. The number of benzene rings is 1. The van der Waals surface area contributed by atoms with Crippen molar-refractivity contribution in [3.63, 3.8) is 0 Å². The van der Waals surface area contributed by atoms with E-state index >= 15 is 0 Å². The van der Waals surface area contributed by atoms with Crippen LogP contribution in [-0.2, 0) is 4.74 Å². The molecule has 1 aliphatic rings. The Balaban J connectivity index is 1.74. The van der Waals surface area contributed by atoms with Crippen LogP contribution in [-0.4, -0.2) is 54.2 Å². The van der Waals surface area contributed by atoms with Gasteiger partial charge in [0.15, 0.2) is 17.5 Å². The summed E-state index contributed by atoms with van der Waals surface area (Å²) in [7, 11) is 5.83.